The summed E-state index contributed by atoms with van der Waals surface area (Å²) in [5, 5.41) is 0.462. The summed E-state index contributed by atoms with van der Waals surface area (Å²) in [5.41, 5.74) is 5.82. The Balaban J connectivity index is 2.65. The first-order chi connectivity index (χ1) is 9.19. The fourth-order valence-corrected chi connectivity index (χ4v) is 1.83. The fourth-order valence-electron chi connectivity index (χ4n) is 1.83. The van der Waals surface area contributed by atoms with Gasteiger partial charge in [-0.3, -0.25) is 4.79 Å². The predicted octanol–water partition coefficient (Wildman–Crippen LogP) is 1.18. The van der Waals surface area contributed by atoms with Crippen LogP contribution < -0.4 is 20.8 Å². The third-order valence-electron chi connectivity index (χ3n) is 2.61. The highest BCUT2D eigenvalue weighted by Crippen LogP contribution is 2.30. The predicted molar refractivity (Wildman–Crippen MR) is 72.6 cm³/mol. The maximum absolute atomic E-state index is 11.9. The maximum atomic E-state index is 11.9. The number of fused-ring (bicyclic) bond motifs is 1. The number of hydrogen-bond acceptors (Lipinski definition) is 5. The molecule has 0 spiro atoms. The van der Waals surface area contributed by atoms with Gasteiger partial charge in [-0.1, -0.05) is 0 Å². The molecule has 0 aliphatic heterocycles. The zero-order chi connectivity index (χ0) is 13.8. The Hall–Kier alpha value is -2.08. The van der Waals surface area contributed by atoms with Gasteiger partial charge in [-0.05, 0) is 19.9 Å². The highest BCUT2D eigenvalue weighted by molar-refractivity contribution is 5.81. The van der Waals surface area contributed by atoms with Crippen LogP contribution in [0, 0.1) is 0 Å². The van der Waals surface area contributed by atoms with Gasteiger partial charge in [0.05, 0.1) is 30.7 Å². The lowest BCUT2D eigenvalue weighted by Gasteiger charge is -2.11. The molecule has 2 aromatic rings. The number of benzene rings is 1. The first-order valence-electron chi connectivity index (χ1n) is 6.22. The van der Waals surface area contributed by atoms with E-state index in [1.807, 2.05) is 13.8 Å². The van der Waals surface area contributed by atoms with Crippen LogP contribution >= 0.6 is 0 Å². The van der Waals surface area contributed by atoms with Crippen LogP contribution in [-0.2, 0) is 6.54 Å². The summed E-state index contributed by atoms with van der Waals surface area (Å²) < 4.78 is 11.0. The van der Waals surface area contributed by atoms with Crippen LogP contribution in [0.15, 0.2) is 16.9 Å². The summed E-state index contributed by atoms with van der Waals surface area (Å²) in [5.74, 6) is 1.58. The normalized spacial score (nSPS) is 10.7. The minimum atomic E-state index is -0.227. The molecule has 0 amide bonds. The van der Waals surface area contributed by atoms with E-state index in [4.69, 9.17) is 15.2 Å². The molecule has 19 heavy (non-hydrogen) atoms. The summed E-state index contributed by atoms with van der Waals surface area (Å²) in [6.07, 6.45) is 0. The summed E-state index contributed by atoms with van der Waals surface area (Å²) in [7, 11) is 0. The SMILES string of the molecule is CCOc1cc2nc(CN)[nH]c(=O)c2cc1OCC. The second kappa shape index (κ2) is 5.71. The van der Waals surface area contributed by atoms with Crippen molar-refractivity contribution < 1.29 is 9.47 Å². The molecular weight excluding hydrogens is 246 g/mol. The molecule has 0 fully saturated rings. The van der Waals surface area contributed by atoms with Crippen LogP contribution in [0.25, 0.3) is 10.9 Å². The van der Waals surface area contributed by atoms with E-state index in [1.54, 1.807) is 12.1 Å². The van der Waals surface area contributed by atoms with E-state index in [0.29, 0.717) is 41.4 Å². The van der Waals surface area contributed by atoms with Crippen LogP contribution in [0.4, 0.5) is 0 Å². The maximum Gasteiger partial charge on any atom is 0.258 e. The minimum Gasteiger partial charge on any atom is -0.490 e. The molecule has 0 bridgehead atoms. The van der Waals surface area contributed by atoms with Crippen molar-refractivity contribution in [3.63, 3.8) is 0 Å². The highest BCUT2D eigenvalue weighted by Gasteiger charge is 2.11. The van der Waals surface area contributed by atoms with Gasteiger partial charge in [0.1, 0.15) is 5.82 Å². The molecule has 0 aliphatic rings. The van der Waals surface area contributed by atoms with Gasteiger partial charge in [0, 0.05) is 6.07 Å². The number of nitrogens with two attached hydrogens (primary N) is 1. The van der Waals surface area contributed by atoms with Crippen molar-refractivity contribution in [2.75, 3.05) is 13.2 Å². The van der Waals surface area contributed by atoms with Crippen molar-refractivity contribution >= 4 is 10.9 Å². The molecule has 0 radical (unpaired) electrons. The van der Waals surface area contributed by atoms with E-state index in [9.17, 15) is 4.79 Å². The number of nitrogens with zero attached hydrogens (tertiary/aromatic N) is 1. The smallest absolute Gasteiger partial charge is 0.258 e. The Kier molecular flexibility index (Phi) is 4.01. The van der Waals surface area contributed by atoms with Gasteiger partial charge in [0.15, 0.2) is 11.5 Å². The Morgan fingerprint density at radius 1 is 1.21 bits per heavy atom. The number of aromatic nitrogens is 2. The number of rotatable bonds is 5. The van der Waals surface area contributed by atoms with Crippen molar-refractivity contribution in [1.82, 2.24) is 9.97 Å². The molecule has 6 heteroatoms. The molecule has 0 saturated carbocycles. The van der Waals surface area contributed by atoms with Gasteiger partial charge in [-0.2, -0.15) is 0 Å². The van der Waals surface area contributed by atoms with Crippen LogP contribution in [0.1, 0.15) is 19.7 Å². The summed E-state index contributed by atoms with van der Waals surface area (Å²) in [6.45, 7) is 4.95. The van der Waals surface area contributed by atoms with Crippen molar-refractivity contribution in [3.05, 3.63) is 28.3 Å². The summed E-state index contributed by atoms with van der Waals surface area (Å²) >= 11 is 0. The number of hydrogen-bond donors (Lipinski definition) is 2. The Bertz CT molecular complexity index is 637. The zero-order valence-electron chi connectivity index (χ0n) is 11.0. The van der Waals surface area contributed by atoms with Crippen LogP contribution in [0.3, 0.4) is 0 Å². The van der Waals surface area contributed by atoms with E-state index in [2.05, 4.69) is 9.97 Å². The molecule has 6 nitrogen and oxygen atoms in total. The van der Waals surface area contributed by atoms with E-state index < -0.39 is 0 Å². The number of nitrogens with one attached hydrogen (secondary N) is 1. The second-order valence-electron chi connectivity index (χ2n) is 3.90. The standard InChI is InChI=1S/C13H17N3O3/c1-3-18-10-5-8-9(6-11(10)19-4-2)15-12(7-14)16-13(8)17/h5-6H,3-4,7,14H2,1-2H3,(H,15,16,17). The van der Waals surface area contributed by atoms with Crippen molar-refractivity contribution in [3.8, 4) is 11.5 Å². The lowest BCUT2D eigenvalue weighted by atomic mass is 10.2. The second-order valence-corrected chi connectivity index (χ2v) is 3.90. The van der Waals surface area contributed by atoms with Gasteiger partial charge >= 0.3 is 0 Å². The topological polar surface area (TPSA) is 90.2 Å². The van der Waals surface area contributed by atoms with E-state index in [0.717, 1.165) is 0 Å². The Labute approximate surface area is 110 Å². The van der Waals surface area contributed by atoms with Crippen LogP contribution in [-0.4, -0.2) is 23.2 Å². The number of ether oxygens (including phenoxy) is 2. The molecule has 1 heterocycles. The van der Waals surface area contributed by atoms with E-state index >= 15 is 0 Å². The van der Waals surface area contributed by atoms with E-state index in [-0.39, 0.29) is 12.1 Å². The molecule has 102 valence electrons. The quantitative estimate of drug-likeness (QED) is 0.845. The molecular formula is C13H17N3O3. The van der Waals surface area contributed by atoms with Crippen molar-refractivity contribution in [2.24, 2.45) is 5.73 Å². The van der Waals surface area contributed by atoms with Crippen molar-refractivity contribution in [1.29, 1.82) is 0 Å². The monoisotopic (exact) mass is 263 g/mol. The third kappa shape index (κ3) is 2.68. The fraction of sp³-hybridized carbons (Fsp3) is 0.385. The van der Waals surface area contributed by atoms with Gasteiger partial charge in [-0.25, -0.2) is 4.98 Å². The molecule has 0 atom stereocenters. The van der Waals surface area contributed by atoms with Gasteiger partial charge < -0.3 is 20.2 Å². The molecule has 0 aliphatic carbocycles. The highest BCUT2D eigenvalue weighted by atomic mass is 16.5. The Morgan fingerprint density at radius 3 is 2.42 bits per heavy atom. The minimum absolute atomic E-state index is 0.183. The van der Waals surface area contributed by atoms with Crippen LogP contribution in [0.5, 0.6) is 11.5 Å². The summed E-state index contributed by atoms with van der Waals surface area (Å²) in [4.78, 5) is 18.9. The van der Waals surface area contributed by atoms with Gasteiger partial charge in [0.2, 0.25) is 0 Å². The lowest BCUT2D eigenvalue weighted by molar-refractivity contribution is 0.288. The van der Waals surface area contributed by atoms with Gasteiger partial charge in [-0.15, -0.1) is 0 Å². The molecule has 1 aromatic heterocycles. The van der Waals surface area contributed by atoms with Crippen LogP contribution in [0.2, 0.25) is 0 Å². The zero-order valence-corrected chi connectivity index (χ0v) is 11.0. The third-order valence-corrected chi connectivity index (χ3v) is 2.61. The number of aromatic amines is 1. The largest absolute Gasteiger partial charge is 0.490 e. The average molecular weight is 263 g/mol. The van der Waals surface area contributed by atoms with Gasteiger partial charge in [0.25, 0.3) is 5.56 Å². The summed E-state index contributed by atoms with van der Waals surface area (Å²) in [6, 6.07) is 3.36. The first-order valence-corrected chi connectivity index (χ1v) is 6.22. The first kappa shape index (κ1) is 13.4. The number of H-pyrrole nitrogens is 1. The molecule has 0 saturated heterocycles. The average Bonchev–Trinajstić information content (AvgIpc) is 2.40. The lowest BCUT2D eigenvalue weighted by Crippen LogP contribution is -2.14. The molecule has 3 N–H and O–H groups in total. The molecule has 2 rings (SSSR count). The molecule has 0 unspecified atom stereocenters. The Morgan fingerprint density at radius 2 is 1.84 bits per heavy atom. The molecule has 1 aromatic carbocycles. The van der Waals surface area contributed by atoms with E-state index in [1.165, 1.54) is 0 Å². The van der Waals surface area contributed by atoms with Crippen molar-refractivity contribution in [2.45, 2.75) is 20.4 Å².